The van der Waals surface area contributed by atoms with Gasteiger partial charge in [-0.15, -0.1) is 11.3 Å². The number of aromatic nitrogens is 2. The third-order valence-electron chi connectivity index (χ3n) is 2.60. The Morgan fingerprint density at radius 1 is 1.30 bits per heavy atom. The largest absolute Gasteiger partial charge is 0.478 e. The molecule has 2 heterocycles. The highest BCUT2D eigenvalue weighted by molar-refractivity contribution is 14.1. The van der Waals surface area contributed by atoms with E-state index in [1.54, 1.807) is 18.2 Å². The van der Waals surface area contributed by atoms with Crippen molar-refractivity contribution in [2.24, 2.45) is 0 Å². The van der Waals surface area contributed by atoms with Crippen LogP contribution in [0.15, 0.2) is 36.0 Å². The van der Waals surface area contributed by atoms with Crippen molar-refractivity contribution < 1.29 is 14.6 Å². The second kappa shape index (κ2) is 5.33. The van der Waals surface area contributed by atoms with Crippen LogP contribution in [-0.4, -0.2) is 21.0 Å². The zero-order chi connectivity index (χ0) is 14.1. The molecule has 3 aromatic rings. The first-order valence-corrected chi connectivity index (χ1v) is 7.50. The SMILES string of the molecule is O=C(O)c1cc(I)ccc1Oc1ncnc2sccc12. The maximum Gasteiger partial charge on any atom is 0.339 e. The summed E-state index contributed by atoms with van der Waals surface area (Å²) >= 11 is 3.53. The van der Waals surface area contributed by atoms with Gasteiger partial charge < -0.3 is 9.84 Å². The number of fused-ring (bicyclic) bond motifs is 1. The van der Waals surface area contributed by atoms with Crippen LogP contribution in [0.25, 0.3) is 10.2 Å². The van der Waals surface area contributed by atoms with Gasteiger partial charge in [-0.3, -0.25) is 0 Å². The lowest BCUT2D eigenvalue weighted by Gasteiger charge is -2.08. The van der Waals surface area contributed by atoms with Crippen molar-refractivity contribution in [3.63, 3.8) is 0 Å². The number of nitrogens with zero attached hydrogens (tertiary/aromatic N) is 2. The standard InChI is InChI=1S/C13H7IN2O3S/c14-7-1-2-10(9(5-7)13(17)18)19-11-8-3-4-20-12(8)16-6-15-11/h1-6H,(H,17,18). The van der Waals surface area contributed by atoms with Crippen molar-refractivity contribution in [1.82, 2.24) is 9.97 Å². The number of ether oxygens (including phenoxy) is 1. The van der Waals surface area contributed by atoms with Gasteiger partial charge in [0.15, 0.2) is 0 Å². The number of hydrogen-bond donors (Lipinski definition) is 1. The van der Waals surface area contributed by atoms with Gasteiger partial charge in [0.25, 0.3) is 0 Å². The van der Waals surface area contributed by atoms with Crippen molar-refractivity contribution in [1.29, 1.82) is 0 Å². The predicted octanol–water partition coefficient (Wildman–Crippen LogP) is 3.79. The second-order valence-corrected chi connectivity index (χ2v) is 6.01. The van der Waals surface area contributed by atoms with Crippen LogP contribution in [0.4, 0.5) is 0 Å². The van der Waals surface area contributed by atoms with E-state index < -0.39 is 5.97 Å². The number of carboxylic acids is 1. The molecule has 0 aliphatic carbocycles. The van der Waals surface area contributed by atoms with E-state index in [0.29, 0.717) is 5.88 Å². The fourth-order valence-corrected chi connectivity index (χ4v) is 2.93. The molecule has 0 spiro atoms. The smallest absolute Gasteiger partial charge is 0.339 e. The van der Waals surface area contributed by atoms with Crippen molar-refractivity contribution in [3.05, 3.63) is 45.1 Å². The third-order valence-corrected chi connectivity index (χ3v) is 4.10. The van der Waals surface area contributed by atoms with E-state index in [1.807, 2.05) is 11.4 Å². The molecule has 0 radical (unpaired) electrons. The number of aromatic carboxylic acids is 1. The van der Waals surface area contributed by atoms with Crippen molar-refractivity contribution in [2.75, 3.05) is 0 Å². The Hall–Kier alpha value is -1.74. The molecule has 0 aliphatic heterocycles. The maximum absolute atomic E-state index is 11.3. The molecule has 0 amide bonds. The zero-order valence-corrected chi connectivity index (χ0v) is 12.9. The molecule has 3 rings (SSSR count). The van der Waals surface area contributed by atoms with Gasteiger partial charge in [-0.2, -0.15) is 0 Å². The van der Waals surface area contributed by atoms with Gasteiger partial charge >= 0.3 is 5.97 Å². The van der Waals surface area contributed by atoms with Crippen LogP contribution in [0, 0.1) is 3.57 Å². The molecule has 7 heteroatoms. The predicted molar refractivity (Wildman–Crippen MR) is 83.6 cm³/mol. The molecule has 0 bridgehead atoms. The lowest BCUT2D eigenvalue weighted by molar-refractivity contribution is 0.0694. The van der Waals surface area contributed by atoms with Crippen molar-refractivity contribution in [3.8, 4) is 11.6 Å². The van der Waals surface area contributed by atoms with Gasteiger partial charge in [0, 0.05) is 3.57 Å². The van der Waals surface area contributed by atoms with Crippen LogP contribution >= 0.6 is 33.9 Å². The third kappa shape index (κ3) is 2.46. The average molecular weight is 398 g/mol. The van der Waals surface area contributed by atoms with Gasteiger partial charge in [0.2, 0.25) is 5.88 Å². The molecule has 0 atom stereocenters. The summed E-state index contributed by atoms with van der Waals surface area (Å²) in [5.74, 6) is -0.404. The number of halogens is 1. The van der Waals surface area contributed by atoms with Gasteiger partial charge in [-0.25, -0.2) is 14.8 Å². The molecule has 0 saturated carbocycles. The van der Waals surface area contributed by atoms with E-state index in [-0.39, 0.29) is 11.3 Å². The minimum Gasteiger partial charge on any atom is -0.478 e. The fraction of sp³-hybridized carbons (Fsp3) is 0. The highest BCUT2D eigenvalue weighted by Gasteiger charge is 2.15. The number of rotatable bonds is 3. The average Bonchev–Trinajstić information content (AvgIpc) is 2.90. The number of carbonyl (C=O) groups is 1. The molecule has 100 valence electrons. The Labute approximate surface area is 131 Å². The van der Waals surface area contributed by atoms with E-state index in [9.17, 15) is 9.90 Å². The Kier molecular flexibility index (Phi) is 3.53. The highest BCUT2D eigenvalue weighted by Crippen LogP contribution is 2.31. The monoisotopic (exact) mass is 398 g/mol. The summed E-state index contributed by atoms with van der Waals surface area (Å²) in [6, 6.07) is 6.83. The molecule has 0 fully saturated rings. The van der Waals surface area contributed by atoms with E-state index in [0.717, 1.165) is 13.8 Å². The molecule has 1 N–H and O–H groups in total. The Balaban J connectivity index is 2.07. The minimum absolute atomic E-state index is 0.110. The number of carboxylic acid groups (broad SMARTS) is 1. The molecule has 2 aromatic heterocycles. The zero-order valence-electron chi connectivity index (χ0n) is 9.91. The lowest BCUT2D eigenvalue weighted by Crippen LogP contribution is -2.01. The van der Waals surface area contributed by atoms with Gasteiger partial charge in [0.05, 0.1) is 5.39 Å². The normalized spacial score (nSPS) is 10.7. The summed E-state index contributed by atoms with van der Waals surface area (Å²) in [4.78, 5) is 20.3. The molecule has 0 saturated heterocycles. The first-order valence-electron chi connectivity index (χ1n) is 5.54. The van der Waals surface area contributed by atoms with Gasteiger partial charge in [0.1, 0.15) is 22.5 Å². The lowest BCUT2D eigenvalue weighted by atomic mass is 10.2. The topological polar surface area (TPSA) is 72.3 Å². The Morgan fingerprint density at radius 3 is 2.95 bits per heavy atom. The summed E-state index contributed by atoms with van der Waals surface area (Å²) < 4.78 is 6.50. The number of benzene rings is 1. The molecular weight excluding hydrogens is 391 g/mol. The second-order valence-electron chi connectivity index (χ2n) is 3.87. The molecule has 1 aromatic carbocycles. The van der Waals surface area contributed by atoms with E-state index in [2.05, 4.69) is 32.6 Å². The van der Waals surface area contributed by atoms with Crippen LogP contribution in [0.3, 0.4) is 0 Å². The highest BCUT2D eigenvalue weighted by atomic mass is 127. The van der Waals surface area contributed by atoms with E-state index in [4.69, 9.17) is 4.74 Å². The molecular formula is C13H7IN2O3S. The van der Waals surface area contributed by atoms with Crippen LogP contribution in [0.5, 0.6) is 11.6 Å². The summed E-state index contributed by atoms with van der Waals surface area (Å²) in [6.45, 7) is 0. The van der Waals surface area contributed by atoms with E-state index in [1.165, 1.54) is 17.7 Å². The Morgan fingerprint density at radius 2 is 2.15 bits per heavy atom. The van der Waals surface area contributed by atoms with Gasteiger partial charge in [-0.1, -0.05) is 0 Å². The molecule has 0 aliphatic rings. The molecule has 0 unspecified atom stereocenters. The van der Waals surface area contributed by atoms with Crippen LogP contribution < -0.4 is 4.74 Å². The Bertz CT molecular complexity index is 803. The van der Waals surface area contributed by atoms with Crippen LogP contribution in [0.2, 0.25) is 0 Å². The maximum atomic E-state index is 11.3. The molecule has 5 nitrogen and oxygen atoms in total. The fourth-order valence-electron chi connectivity index (χ4n) is 1.71. The van der Waals surface area contributed by atoms with Gasteiger partial charge in [-0.05, 0) is 52.2 Å². The number of thiophene rings is 1. The van der Waals surface area contributed by atoms with Crippen molar-refractivity contribution >= 4 is 50.1 Å². The summed E-state index contributed by atoms with van der Waals surface area (Å²) in [7, 11) is 0. The van der Waals surface area contributed by atoms with E-state index >= 15 is 0 Å². The number of hydrogen-bond acceptors (Lipinski definition) is 5. The molecule has 20 heavy (non-hydrogen) atoms. The van der Waals surface area contributed by atoms with Crippen LogP contribution in [0.1, 0.15) is 10.4 Å². The van der Waals surface area contributed by atoms with Crippen LogP contribution in [-0.2, 0) is 0 Å². The van der Waals surface area contributed by atoms with Crippen molar-refractivity contribution in [2.45, 2.75) is 0 Å². The quantitative estimate of drug-likeness (QED) is 0.680. The summed E-state index contributed by atoms with van der Waals surface area (Å²) in [6.07, 6.45) is 1.40. The minimum atomic E-state index is -1.03. The summed E-state index contributed by atoms with van der Waals surface area (Å²) in [5, 5.41) is 11.9. The first-order chi connectivity index (χ1) is 9.65. The first kappa shape index (κ1) is 13.3. The summed E-state index contributed by atoms with van der Waals surface area (Å²) in [5.41, 5.74) is 0.110.